The van der Waals surface area contributed by atoms with Crippen LogP contribution < -0.4 is 0 Å². The molecule has 1 aromatic heterocycles. The third kappa shape index (κ3) is 4.82. The van der Waals surface area contributed by atoms with Gasteiger partial charge < -0.3 is 9.41 Å². The highest BCUT2D eigenvalue weighted by molar-refractivity contribution is 6.48. The summed E-state index contributed by atoms with van der Waals surface area (Å²) in [5, 5.41) is 0. The Morgan fingerprint density at radius 1 is 1.18 bits per heavy atom. The van der Waals surface area contributed by atoms with E-state index in [1.807, 2.05) is 18.2 Å². The fraction of sp³-hybridized carbons (Fsp3) is 0.500. The van der Waals surface area contributed by atoms with E-state index in [2.05, 4.69) is 56.0 Å². The van der Waals surface area contributed by atoms with Gasteiger partial charge in [0.15, 0.2) is 0 Å². The van der Waals surface area contributed by atoms with Crippen LogP contribution in [0.1, 0.15) is 45.4 Å². The molecule has 0 saturated carbocycles. The average molecular weight is 316 g/mol. The Bertz CT molecular complexity index is 572. The van der Waals surface area contributed by atoms with Crippen LogP contribution >= 0.6 is 0 Å². The van der Waals surface area contributed by atoms with Gasteiger partial charge in [0, 0.05) is 5.56 Å². The number of hydrogen-bond acceptors (Lipinski definition) is 2. The molecule has 1 N–H and O–H groups in total. The predicted molar refractivity (Wildman–Crippen MR) is 94.0 cm³/mol. The van der Waals surface area contributed by atoms with E-state index in [1.165, 1.54) is 0 Å². The number of nitrogens with zero attached hydrogens (tertiary/aromatic N) is 1. The van der Waals surface area contributed by atoms with Crippen molar-refractivity contribution in [1.29, 1.82) is 0 Å². The minimum Gasteiger partial charge on any atom is -0.409 e. The molecule has 1 atom stereocenters. The number of nitrogens with one attached hydrogen (secondary N) is 1. The highest BCUT2D eigenvalue weighted by Crippen LogP contribution is 2.33. The Morgan fingerprint density at radius 2 is 1.86 bits per heavy atom. The molecule has 0 fully saturated rings. The number of H-pyrrole nitrogens is 1. The third-order valence-electron chi connectivity index (χ3n) is 3.57. The molecule has 0 aliphatic carbocycles. The van der Waals surface area contributed by atoms with Crippen LogP contribution in [-0.4, -0.2) is 19.0 Å². The van der Waals surface area contributed by atoms with E-state index in [4.69, 9.17) is 4.43 Å². The van der Waals surface area contributed by atoms with E-state index >= 15 is 0 Å². The summed E-state index contributed by atoms with van der Waals surface area (Å²) in [6, 6.07) is 10.3. The maximum absolute atomic E-state index is 6.28. The second kappa shape index (κ2) is 7.25. The zero-order valence-electron chi connectivity index (χ0n) is 14.3. The summed E-state index contributed by atoms with van der Waals surface area (Å²) in [6.07, 6.45) is 4.02. The second-order valence-electron chi connectivity index (χ2n) is 7.14. The highest BCUT2D eigenvalue weighted by Gasteiger charge is 2.23. The Hall–Kier alpha value is -1.39. The molecular weight excluding hydrogens is 288 g/mol. The van der Waals surface area contributed by atoms with Gasteiger partial charge in [-0.3, -0.25) is 0 Å². The van der Waals surface area contributed by atoms with Crippen molar-refractivity contribution in [1.82, 2.24) is 9.97 Å². The number of aromatic amines is 1. The molecule has 22 heavy (non-hydrogen) atoms. The third-order valence-corrected chi connectivity index (χ3v) is 4.33. The van der Waals surface area contributed by atoms with E-state index < -0.39 is 9.04 Å². The Balaban J connectivity index is 2.26. The summed E-state index contributed by atoms with van der Waals surface area (Å²) in [5.74, 6) is 0. The standard InChI is InChI=1S/C18H27N2OSi/c1-18(2,3)12-11-15(21-22(4)5)17-16(19-13-20-17)14-9-7-6-8-10-14/h6-10,13,15H,11-12H2,1-5H3,(H,19,20). The zero-order valence-corrected chi connectivity index (χ0v) is 15.3. The van der Waals surface area contributed by atoms with Crippen LogP contribution in [0.2, 0.25) is 13.1 Å². The number of benzene rings is 1. The quantitative estimate of drug-likeness (QED) is 0.743. The van der Waals surface area contributed by atoms with Crippen LogP contribution in [0, 0.1) is 5.41 Å². The predicted octanol–water partition coefficient (Wildman–Crippen LogP) is 5.21. The molecule has 2 aromatic rings. The lowest BCUT2D eigenvalue weighted by atomic mass is 9.88. The van der Waals surface area contributed by atoms with E-state index in [9.17, 15) is 0 Å². The first-order valence-corrected chi connectivity index (χ1v) is 10.3. The number of aromatic nitrogens is 2. The van der Waals surface area contributed by atoms with Gasteiger partial charge in [-0.2, -0.15) is 0 Å². The van der Waals surface area contributed by atoms with Crippen LogP contribution in [0.25, 0.3) is 11.3 Å². The summed E-state index contributed by atoms with van der Waals surface area (Å²) in [5.41, 5.74) is 3.58. The second-order valence-corrected chi connectivity index (χ2v) is 9.20. The van der Waals surface area contributed by atoms with E-state index in [-0.39, 0.29) is 6.10 Å². The summed E-state index contributed by atoms with van der Waals surface area (Å²) in [6.45, 7) is 11.2. The summed E-state index contributed by atoms with van der Waals surface area (Å²) in [4.78, 5) is 7.86. The Labute approximate surface area is 135 Å². The molecule has 1 unspecified atom stereocenters. The maximum atomic E-state index is 6.28. The van der Waals surface area contributed by atoms with Crippen LogP contribution in [0.4, 0.5) is 0 Å². The van der Waals surface area contributed by atoms with Crippen molar-refractivity contribution >= 4 is 9.04 Å². The first-order valence-electron chi connectivity index (χ1n) is 7.92. The number of hydrogen-bond donors (Lipinski definition) is 1. The van der Waals surface area contributed by atoms with Crippen LogP contribution in [-0.2, 0) is 4.43 Å². The topological polar surface area (TPSA) is 37.9 Å². The lowest BCUT2D eigenvalue weighted by molar-refractivity contribution is 0.170. The fourth-order valence-electron chi connectivity index (χ4n) is 2.49. The van der Waals surface area contributed by atoms with Crippen molar-refractivity contribution in [2.45, 2.75) is 52.8 Å². The monoisotopic (exact) mass is 315 g/mol. The van der Waals surface area contributed by atoms with E-state index in [1.54, 1.807) is 6.33 Å². The average Bonchev–Trinajstić information content (AvgIpc) is 2.92. The van der Waals surface area contributed by atoms with Gasteiger partial charge in [-0.05, 0) is 31.4 Å². The zero-order chi connectivity index (χ0) is 16.2. The first kappa shape index (κ1) is 17.0. The molecule has 3 nitrogen and oxygen atoms in total. The van der Waals surface area contributed by atoms with Gasteiger partial charge in [-0.1, -0.05) is 51.1 Å². The first-order chi connectivity index (χ1) is 10.4. The largest absolute Gasteiger partial charge is 0.409 e. The smallest absolute Gasteiger partial charge is 0.205 e. The molecular formula is C18H27N2OSi. The molecule has 0 spiro atoms. The molecule has 1 radical (unpaired) electrons. The molecule has 0 aliphatic heterocycles. The van der Waals surface area contributed by atoms with Gasteiger partial charge in [-0.25, -0.2) is 4.98 Å². The Kier molecular flexibility index (Phi) is 5.59. The van der Waals surface area contributed by atoms with Crippen molar-refractivity contribution < 1.29 is 4.43 Å². The number of rotatable bonds is 6. The minimum atomic E-state index is -0.771. The molecule has 119 valence electrons. The molecule has 0 aliphatic rings. The number of imidazole rings is 1. The fourth-order valence-corrected chi connectivity index (χ4v) is 3.29. The lowest BCUT2D eigenvalue weighted by Crippen LogP contribution is -2.17. The SMILES string of the molecule is C[Si](C)OC(CCC(C)(C)C)c1[nH]cnc1-c1ccccc1. The molecule has 1 aromatic carbocycles. The molecule has 1 heterocycles. The van der Waals surface area contributed by atoms with E-state index in [0.717, 1.165) is 29.8 Å². The lowest BCUT2D eigenvalue weighted by Gasteiger charge is -2.25. The van der Waals surface area contributed by atoms with E-state index in [0.29, 0.717) is 5.41 Å². The van der Waals surface area contributed by atoms with Gasteiger partial charge in [-0.15, -0.1) is 0 Å². The van der Waals surface area contributed by atoms with Gasteiger partial charge in [0.1, 0.15) is 0 Å². The van der Waals surface area contributed by atoms with Crippen LogP contribution in [0.5, 0.6) is 0 Å². The normalized spacial score (nSPS) is 13.5. The van der Waals surface area contributed by atoms with Crippen molar-refractivity contribution in [3.63, 3.8) is 0 Å². The van der Waals surface area contributed by atoms with Gasteiger partial charge in [0.05, 0.1) is 23.8 Å². The van der Waals surface area contributed by atoms with Gasteiger partial charge in [0.25, 0.3) is 0 Å². The van der Waals surface area contributed by atoms with Crippen molar-refractivity contribution in [2.24, 2.45) is 5.41 Å². The summed E-state index contributed by atoms with van der Waals surface area (Å²) >= 11 is 0. The summed E-state index contributed by atoms with van der Waals surface area (Å²) < 4.78 is 6.28. The van der Waals surface area contributed by atoms with Crippen LogP contribution in [0.15, 0.2) is 36.7 Å². The highest BCUT2D eigenvalue weighted by atomic mass is 28.3. The summed E-state index contributed by atoms with van der Waals surface area (Å²) in [7, 11) is -0.771. The maximum Gasteiger partial charge on any atom is 0.205 e. The van der Waals surface area contributed by atoms with Gasteiger partial charge in [0.2, 0.25) is 9.04 Å². The Morgan fingerprint density at radius 3 is 2.45 bits per heavy atom. The molecule has 0 bridgehead atoms. The minimum absolute atomic E-state index is 0.0980. The molecule has 0 amide bonds. The van der Waals surface area contributed by atoms with Crippen LogP contribution in [0.3, 0.4) is 0 Å². The van der Waals surface area contributed by atoms with Crippen molar-refractivity contribution in [3.05, 3.63) is 42.4 Å². The molecule has 2 rings (SSSR count). The molecule has 4 heteroatoms. The molecule has 0 saturated heterocycles. The van der Waals surface area contributed by atoms with Crippen molar-refractivity contribution in [3.8, 4) is 11.3 Å². The van der Waals surface area contributed by atoms with Gasteiger partial charge >= 0.3 is 0 Å². The van der Waals surface area contributed by atoms with Crippen molar-refractivity contribution in [2.75, 3.05) is 0 Å².